The van der Waals surface area contributed by atoms with Crippen molar-refractivity contribution in [1.29, 1.82) is 0 Å². The van der Waals surface area contributed by atoms with Gasteiger partial charge >= 0.3 is 0 Å². The normalized spacial score (nSPS) is 21.1. The summed E-state index contributed by atoms with van der Waals surface area (Å²) in [5.41, 5.74) is 5.82. The Morgan fingerprint density at radius 3 is 2.50 bits per heavy atom. The fourth-order valence-electron chi connectivity index (χ4n) is 2.64. The Balaban J connectivity index is 2.32. The van der Waals surface area contributed by atoms with Crippen LogP contribution in [0.2, 0.25) is 0 Å². The monoisotopic (exact) mass is 256 g/mol. The molecular formula is C14H28N2O2. The van der Waals surface area contributed by atoms with Gasteiger partial charge in [-0.1, -0.05) is 25.7 Å². The molecule has 0 aromatic heterocycles. The predicted molar refractivity (Wildman–Crippen MR) is 73.3 cm³/mol. The van der Waals surface area contributed by atoms with Gasteiger partial charge in [-0.05, 0) is 32.1 Å². The SMILES string of the molecule is COCCC(N)C(=O)N[C@H](C)C1CCCCCC1. The van der Waals surface area contributed by atoms with Gasteiger partial charge in [0.05, 0.1) is 6.04 Å². The van der Waals surface area contributed by atoms with Gasteiger partial charge in [0, 0.05) is 19.8 Å². The van der Waals surface area contributed by atoms with Crippen molar-refractivity contribution in [2.75, 3.05) is 13.7 Å². The zero-order valence-electron chi connectivity index (χ0n) is 11.8. The largest absolute Gasteiger partial charge is 0.385 e. The molecule has 0 heterocycles. The van der Waals surface area contributed by atoms with E-state index in [0.29, 0.717) is 18.9 Å². The van der Waals surface area contributed by atoms with E-state index >= 15 is 0 Å². The van der Waals surface area contributed by atoms with Crippen molar-refractivity contribution >= 4 is 5.91 Å². The van der Waals surface area contributed by atoms with Gasteiger partial charge in [-0.25, -0.2) is 0 Å². The lowest BCUT2D eigenvalue weighted by molar-refractivity contribution is -0.123. The Hall–Kier alpha value is -0.610. The third-order valence-corrected chi connectivity index (χ3v) is 3.95. The summed E-state index contributed by atoms with van der Waals surface area (Å²) < 4.78 is 4.94. The highest BCUT2D eigenvalue weighted by Gasteiger charge is 2.22. The number of carbonyl (C=O) groups is 1. The second-order valence-corrected chi connectivity index (χ2v) is 5.44. The van der Waals surface area contributed by atoms with E-state index < -0.39 is 6.04 Å². The number of ether oxygens (including phenoxy) is 1. The van der Waals surface area contributed by atoms with Crippen molar-refractivity contribution in [3.05, 3.63) is 0 Å². The summed E-state index contributed by atoms with van der Waals surface area (Å²) in [4.78, 5) is 11.9. The van der Waals surface area contributed by atoms with E-state index in [2.05, 4.69) is 12.2 Å². The Kier molecular flexibility index (Phi) is 7.28. The second-order valence-electron chi connectivity index (χ2n) is 5.44. The van der Waals surface area contributed by atoms with Crippen LogP contribution >= 0.6 is 0 Å². The van der Waals surface area contributed by atoms with Gasteiger partial charge in [-0.3, -0.25) is 4.79 Å². The van der Waals surface area contributed by atoms with E-state index in [0.717, 1.165) is 0 Å². The van der Waals surface area contributed by atoms with E-state index in [4.69, 9.17) is 10.5 Å². The highest BCUT2D eigenvalue weighted by atomic mass is 16.5. The molecule has 0 spiro atoms. The molecule has 2 atom stereocenters. The molecule has 1 rings (SSSR count). The zero-order chi connectivity index (χ0) is 13.4. The third kappa shape index (κ3) is 5.36. The first kappa shape index (κ1) is 15.4. The van der Waals surface area contributed by atoms with Crippen molar-refractivity contribution < 1.29 is 9.53 Å². The van der Waals surface area contributed by atoms with E-state index in [9.17, 15) is 4.79 Å². The van der Waals surface area contributed by atoms with Crippen molar-refractivity contribution in [2.45, 2.75) is 64.0 Å². The molecule has 1 aliphatic rings. The van der Waals surface area contributed by atoms with Crippen molar-refractivity contribution in [1.82, 2.24) is 5.32 Å². The molecule has 1 fully saturated rings. The van der Waals surface area contributed by atoms with E-state index in [-0.39, 0.29) is 11.9 Å². The molecule has 4 heteroatoms. The summed E-state index contributed by atoms with van der Waals surface area (Å²) in [6, 6.07) is -0.206. The smallest absolute Gasteiger partial charge is 0.237 e. The number of methoxy groups -OCH3 is 1. The molecule has 0 aliphatic heterocycles. The van der Waals surface area contributed by atoms with Gasteiger partial charge in [-0.15, -0.1) is 0 Å². The maximum Gasteiger partial charge on any atom is 0.237 e. The van der Waals surface area contributed by atoms with Crippen molar-refractivity contribution in [3.63, 3.8) is 0 Å². The standard InChI is InChI=1S/C14H28N2O2/c1-11(12-7-5-3-4-6-8-12)16-14(17)13(15)9-10-18-2/h11-13H,3-10,15H2,1-2H3,(H,16,17)/t11-,13?/m1/s1. The molecule has 1 saturated carbocycles. The first-order valence-corrected chi connectivity index (χ1v) is 7.20. The highest BCUT2D eigenvalue weighted by molar-refractivity contribution is 5.81. The second kappa shape index (κ2) is 8.48. The maximum atomic E-state index is 11.9. The van der Waals surface area contributed by atoms with Gasteiger partial charge in [0.15, 0.2) is 0 Å². The molecule has 0 radical (unpaired) electrons. The number of rotatable bonds is 6. The van der Waals surface area contributed by atoms with Crippen molar-refractivity contribution in [3.8, 4) is 0 Å². The number of nitrogens with two attached hydrogens (primary N) is 1. The number of amides is 1. The summed E-state index contributed by atoms with van der Waals surface area (Å²) >= 11 is 0. The molecular weight excluding hydrogens is 228 g/mol. The Labute approximate surface area is 111 Å². The molecule has 0 bridgehead atoms. The first-order valence-electron chi connectivity index (χ1n) is 7.20. The van der Waals surface area contributed by atoms with Crippen LogP contribution in [0.4, 0.5) is 0 Å². The van der Waals surface area contributed by atoms with Crippen LogP contribution in [0.3, 0.4) is 0 Å². The number of carbonyl (C=O) groups excluding carboxylic acids is 1. The lowest BCUT2D eigenvalue weighted by Gasteiger charge is -2.25. The molecule has 0 aromatic carbocycles. The summed E-state index contributed by atoms with van der Waals surface area (Å²) in [5, 5.41) is 3.07. The van der Waals surface area contributed by atoms with Crippen LogP contribution in [0.25, 0.3) is 0 Å². The first-order chi connectivity index (χ1) is 8.65. The minimum Gasteiger partial charge on any atom is -0.385 e. The molecule has 4 nitrogen and oxygen atoms in total. The van der Waals surface area contributed by atoms with Gasteiger partial charge in [-0.2, -0.15) is 0 Å². The van der Waals surface area contributed by atoms with Crippen LogP contribution in [0.1, 0.15) is 51.9 Å². The van der Waals surface area contributed by atoms with Crippen LogP contribution in [0.5, 0.6) is 0 Å². The van der Waals surface area contributed by atoms with Crippen LogP contribution in [-0.2, 0) is 9.53 Å². The summed E-state index contributed by atoms with van der Waals surface area (Å²) in [7, 11) is 1.62. The van der Waals surface area contributed by atoms with Crippen molar-refractivity contribution in [2.24, 2.45) is 11.7 Å². The van der Waals surface area contributed by atoms with Gasteiger partial charge in [0.2, 0.25) is 5.91 Å². The number of nitrogens with one attached hydrogen (secondary N) is 1. The average molecular weight is 256 g/mol. The van der Waals surface area contributed by atoms with Crippen LogP contribution < -0.4 is 11.1 Å². The minimum absolute atomic E-state index is 0.0382. The fourth-order valence-corrected chi connectivity index (χ4v) is 2.64. The lowest BCUT2D eigenvalue weighted by atomic mass is 9.93. The van der Waals surface area contributed by atoms with E-state index in [1.54, 1.807) is 7.11 Å². The average Bonchev–Trinajstić information content (AvgIpc) is 2.64. The quantitative estimate of drug-likeness (QED) is 0.713. The molecule has 3 N–H and O–H groups in total. The van der Waals surface area contributed by atoms with Gasteiger partial charge < -0.3 is 15.8 Å². The Morgan fingerprint density at radius 1 is 1.33 bits per heavy atom. The third-order valence-electron chi connectivity index (χ3n) is 3.95. The molecule has 18 heavy (non-hydrogen) atoms. The van der Waals surface area contributed by atoms with Crippen LogP contribution in [-0.4, -0.2) is 31.7 Å². The molecule has 0 saturated heterocycles. The highest BCUT2D eigenvalue weighted by Crippen LogP contribution is 2.25. The van der Waals surface area contributed by atoms with E-state index in [1.165, 1.54) is 38.5 Å². The predicted octanol–water partition coefficient (Wildman–Crippen LogP) is 1.83. The zero-order valence-corrected chi connectivity index (χ0v) is 11.8. The lowest BCUT2D eigenvalue weighted by Crippen LogP contribution is -2.47. The maximum absolute atomic E-state index is 11.9. The number of hydrogen-bond acceptors (Lipinski definition) is 3. The Morgan fingerprint density at radius 2 is 1.94 bits per heavy atom. The summed E-state index contributed by atoms with van der Waals surface area (Å²) in [6.07, 6.45) is 8.31. The van der Waals surface area contributed by atoms with Crippen LogP contribution in [0, 0.1) is 5.92 Å². The Bertz CT molecular complexity index is 238. The topological polar surface area (TPSA) is 64.3 Å². The molecule has 0 aromatic rings. The molecule has 1 aliphatic carbocycles. The van der Waals surface area contributed by atoms with Gasteiger partial charge in [0.1, 0.15) is 0 Å². The molecule has 1 amide bonds. The van der Waals surface area contributed by atoms with E-state index in [1.807, 2.05) is 0 Å². The fraction of sp³-hybridized carbons (Fsp3) is 0.929. The van der Waals surface area contributed by atoms with Gasteiger partial charge in [0.25, 0.3) is 0 Å². The minimum atomic E-state index is -0.446. The summed E-state index contributed by atoms with van der Waals surface area (Å²) in [6.45, 7) is 2.64. The molecule has 1 unspecified atom stereocenters. The summed E-state index contributed by atoms with van der Waals surface area (Å²) in [5.74, 6) is 0.579. The van der Waals surface area contributed by atoms with Crippen LogP contribution in [0.15, 0.2) is 0 Å². The number of hydrogen-bond donors (Lipinski definition) is 2. The molecule has 106 valence electrons.